The molecule has 2 aromatic carbocycles. The van der Waals surface area contributed by atoms with Gasteiger partial charge in [-0.2, -0.15) is 0 Å². The highest BCUT2D eigenvalue weighted by Gasteiger charge is 2.29. The van der Waals surface area contributed by atoms with Crippen LogP contribution in [0.4, 0.5) is 0 Å². The van der Waals surface area contributed by atoms with E-state index in [0.29, 0.717) is 21.4 Å². The maximum Gasteiger partial charge on any atom is 0.261 e. The fourth-order valence-corrected chi connectivity index (χ4v) is 3.61. The summed E-state index contributed by atoms with van der Waals surface area (Å²) >= 11 is 16.1. The van der Waals surface area contributed by atoms with E-state index in [2.05, 4.69) is 21.2 Å². The fraction of sp³-hybridized carbons (Fsp3) is 0.391. The predicted octanol–water partition coefficient (Wildman–Crippen LogP) is 5.78. The lowest BCUT2D eigenvalue weighted by molar-refractivity contribution is -0.142. The zero-order valence-corrected chi connectivity index (χ0v) is 21.4. The van der Waals surface area contributed by atoms with Crippen LogP contribution >= 0.6 is 39.1 Å². The van der Waals surface area contributed by atoms with Crippen molar-refractivity contribution in [1.82, 2.24) is 10.2 Å². The van der Waals surface area contributed by atoms with Crippen molar-refractivity contribution < 1.29 is 14.3 Å². The van der Waals surface area contributed by atoms with Crippen molar-refractivity contribution >= 4 is 50.9 Å². The van der Waals surface area contributed by atoms with Crippen LogP contribution in [-0.4, -0.2) is 34.9 Å². The van der Waals surface area contributed by atoms with Crippen molar-refractivity contribution in [2.45, 2.75) is 52.7 Å². The molecule has 168 valence electrons. The molecule has 0 heterocycles. The van der Waals surface area contributed by atoms with Crippen LogP contribution in [0.1, 0.15) is 38.8 Å². The van der Waals surface area contributed by atoms with Gasteiger partial charge in [0.15, 0.2) is 6.61 Å². The average molecular weight is 530 g/mol. The number of benzene rings is 2. The van der Waals surface area contributed by atoms with E-state index < -0.39 is 11.6 Å². The summed E-state index contributed by atoms with van der Waals surface area (Å²) in [5, 5.41) is 3.77. The van der Waals surface area contributed by atoms with E-state index in [9.17, 15) is 9.59 Å². The number of amides is 2. The third-order valence-electron chi connectivity index (χ3n) is 4.55. The van der Waals surface area contributed by atoms with E-state index in [1.54, 1.807) is 31.2 Å². The monoisotopic (exact) mass is 528 g/mol. The zero-order valence-electron chi connectivity index (χ0n) is 18.3. The molecule has 0 aliphatic rings. The van der Waals surface area contributed by atoms with E-state index >= 15 is 0 Å². The third kappa shape index (κ3) is 7.41. The lowest BCUT2D eigenvalue weighted by Crippen LogP contribution is -2.53. The highest BCUT2D eigenvalue weighted by molar-refractivity contribution is 9.10. The fourth-order valence-electron chi connectivity index (χ4n) is 2.85. The molecule has 5 nitrogen and oxygen atoms in total. The molecule has 0 saturated carbocycles. The second kappa shape index (κ2) is 10.7. The van der Waals surface area contributed by atoms with Crippen LogP contribution in [0.5, 0.6) is 5.75 Å². The summed E-state index contributed by atoms with van der Waals surface area (Å²) in [6, 6.07) is 9.84. The summed E-state index contributed by atoms with van der Waals surface area (Å²) in [5.41, 5.74) is 1.13. The minimum absolute atomic E-state index is 0.0821. The number of hydrogen-bond donors (Lipinski definition) is 1. The SMILES string of the molecule is Cc1cc(OCC(=O)N(Cc2c(Cl)cccc2Cl)[C@@H](C)C(=O)NC(C)(C)C)ccc1Br. The molecule has 2 amide bonds. The number of nitrogens with zero attached hydrogens (tertiary/aromatic N) is 1. The van der Waals surface area contributed by atoms with Crippen LogP contribution in [-0.2, 0) is 16.1 Å². The number of ether oxygens (including phenoxy) is 1. The van der Waals surface area contributed by atoms with E-state index in [4.69, 9.17) is 27.9 Å². The summed E-state index contributed by atoms with van der Waals surface area (Å²) in [7, 11) is 0. The average Bonchev–Trinajstić information content (AvgIpc) is 2.66. The molecule has 0 spiro atoms. The van der Waals surface area contributed by atoms with E-state index in [0.717, 1.165) is 10.0 Å². The van der Waals surface area contributed by atoms with Gasteiger partial charge in [0.2, 0.25) is 5.91 Å². The Balaban J connectivity index is 2.25. The molecular formula is C23H27BrCl2N2O3. The van der Waals surface area contributed by atoms with Crippen LogP contribution in [0, 0.1) is 6.92 Å². The second-order valence-corrected chi connectivity index (χ2v) is 10.0. The highest BCUT2D eigenvalue weighted by atomic mass is 79.9. The molecule has 31 heavy (non-hydrogen) atoms. The Bertz CT molecular complexity index is 940. The zero-order chi connectivity index (χ0) is 23.3. The minimum atomic E-state index is -0.755. The van der Waals surface area contributed by atoms with Crippen LogP contribution < -0.4 is 10.1 Å². The first-order chi connectivity index (χ1) is 14.4. The molecule has 0 saturated heterocycles. The molecule has 0 unspecified atom stereocenters. The van der Waals surface area contributed by atoms with E-state index in [-0.39, 0.29) is 25.0 Å². The standard InChI is InChI=1S/C23H27BrCl2N2O3/c1-14-11-16(9-10-18(14)24)31-13-21(29)28(15(2)22(30)27-23(3,4)5)12-17-19(25)7-6-8-20(17)26/h6-11,15H,12-13H2,1-5H3,(H,27,30)/t15-/m0/s1. The summed E-state index contributed by atoms with van der Waals surface area (Å²) in [4.78, 5) is 27.4. The number of rotatable bonds is 7. The Hall–Kier alpha value is -1.76. The first-order valence-corrected chi connectivity index (χ1v) is 11.4. The summed E-state index contributed by atoms with van der Waals surface area (Å²) in [5.74, 6) is -0.0619. The van der Waals surface area contributed by atoms with Crippen LogP contribution in [0.25, 0.3) is 0 Å². The van der Waals surface area contributed by atoms with E-state index in [1.165, 1.54) is 4.90 Å². The van der Waals surface area contributed by atoms with Gasteiger partial charge in [0.1, 0.15) is 11.8 Å². The number of nitrogens with one attached hydrogen (secondary N) is 1. The number of aryl methyl sites for hydroxylation is 1. The Morgan fingerprint density at radius 2 is 1.77 bits per heavy atom. The van der Waals surface area contributed by atoms with Gasteiger partial charge in [-0.3, -0.25) is 9.59 Å². The molecular weight excluding hydrogens is 503 g/mol. The van der Waals surface area contributed by atoms with Gasteiger partial charge in [0.05, 0.1) is 0 Å². The molecule has 1 N–H and O–H groups in total. The van der Waals surface area contributed by atoms with Gasteiger partial charge in [-0.05, 0) is 70.5 Å². The van der Waals surface area contributed by atoms with Crippen molar-refractivity contribution in [3.63, 3.8) is 0 Å². The highest BCUT2D eigenvalue weighted by Crippen LogP contribution is 2.27. The summed E-state index contributed by atoms with van der Waals surface area (Å²) in [6.45, 7) is 9.11. The summed E-state index contributed by atoms with van der Waals surface area (Å²) in [6.07, 6.45) is 0. The number of hydrogen-bond acceptors (Lipinski definition) is 3. The van der Waals surface area contributed by atoms with Crippen LogP contribution in [0.15, 0.2) is 40.9 Å². The number of halogens is 3. The van der Waals surface area contributed by atoms with Crippen LogP contribution in [0.2, 0.25) is 10.0 Å². The van der Waals surface area contributed by atoms with Crippen molar-refractivity contribution in [1.29, 1.82) is 0 Å². The first kappa shape index (κ1) is 25.5. The number of carbonyl (C=O) groups is 2. The second-order valence-electron chi connectivity index (χ2n) is 8.34. The Morgan fingerprint density at radius 1 is 1.16 bits per heavy atom. The molecule has 0 radical (unpaired) electrons. The van der Waals surface area contributed by atoms with Crippen molar-refractivity contribution in [3.8, 4) is 5.75 Å². The van der Waals surface area contributed by atoms with Gasteiger partial charge in [0, 0.05) is 32.2 Å². The maximum atomic E-state index is 13.1. The van der Waals surface area contributed by atoms with Gasteiger partial charge in [-0.1, -0.05) is 45.2 Å². The van der Waals surface area contributed by atoms with Gasteiger partial charge in [-0.15, -0.1) is 0 Å². The smallest absolute Gasteiger partial charge is 0.261 e. The maximum absolute atomic E-state index is 13.1. The van der Waals surface area contributed by atoms with Crippen molar-refractivity contribution in [3.05, 3.63) is 62.0 Å². The predicted molar refractivity (Wildman–Crippen MR) is 129 cm³/mol. The molecule has 8 heteroatoms. The Kier molecular flexibility index (Phi) is 8.81. The number of carbonyl (C=O) groups excluding carboxylic acids is 2. The molecule has 2 rings (SSSR count). The molecule has 0 aromatic heterocycles. The van der Waals surface area contributed by atoms with Crippen molar-refractivity contribution in [2.24, 2.45) is 0 Å². The topological polar surface area (TPSA) is 58.6 Å². The van der Waals surface area contributed by atoms with Gasteiger partial charge in [-0.25, -0.2) is 0 Å². The first-order valence-electron chi connectivity index (χ1n) is 9.82. The Labute approximate surface area is 202 Å². The molecule has 0 bridgehead atoms. The molecule has 1 atom stereocenters. The Morgan fingerprint density at radius 3 is 2.32 bits per heavy atom. The van der Waals surface area contributed by atoms with Crippen molar-refractivity contribution in [2.75, 3.05) is 6.61 Å². The minimum Gasteiger partial charge on any atom is -0.484 e. The lowest BCUT2D eigenvalue weighted by Gasteiger charge is -2.31. The van der Waals surface area contributed by atoms with Gasteiger partial charge >= 0.3 is 0 Å². The summed E-state index contributed by atoms with van der Waals surface area (Å²) < 4.78 is 6.66. The largest absolute Gasteiger partial charge is 0.484 e. The van der Waals surface area contributed by atoms with E-state index in [1.807, 2.05) is 39.8 Å². The molecule has 0 aliphatic carbocycles. The lowest BCUT2D eigenvalue weighted by atomic mass is 10.1. The van der Waals surface area contributed by atoms with Gasteiger partial charge < -0.3 is 15.0 Å². The quantitative estimate of drug-likeness (QED) is 0.495. The third-order valence-corrected chi connectivity index (χ3v) is 6.15. The molecule has 2 aromatic rings. The van der Waals surface area contributed by atoms with Gasteiger partial charge in [0.25, 0.3) is 5.91 Å². The van der Waals surface area contributed by atoms with Crippen LogP contribution in [0.3, 0.4) is 0 Å². The molecule has 0 fully saturated rings. The normalized spacial score (nSPS) is 12.3. The molecule has 0 aliphatic heterocycles.